The van der Waals surface area contributed by atoms with E-state index in [-0.39, 0.29) is 23.0 Å². The van der Waals surface area contributed by atoms with Gasteiger partial charge in [-0.3, -0.25) is 0 Å². The van der Waals surface area contributed by atoms with Crippen LogP contribution in [0.3, 0.4) is 0 Å². The summed E-state index contributed by atoms with van der Waals surface area (Å²) in [6, 6.07) is 0. The van der Waals surface area contributed by atoms with Gasteiger partial charge in [0, 0.05) is 7.11 Å². The summed E-state index contributed by atoms with van der Waals surface area (Å²) in [5.74, 6) is 1.51. The predicted octanol–water partition coefficient (Wildman–Crippen LogP) is 2.82. The van der Waals surface area contributed by atoms with Crippen LogP contribution in [-0.2, 0) is 28.4 Å². The first-order chi connectivity index (χ1) is 17.2. The zero-order valence-corrected chi connectivity index (χ0v) is 21.8. The highest BCUT2D eigenvalue weighted by Gasteiger charge is 2.72. The number of rotatable bonds is 3. The van der Waals surface area contributed by atoms with Gasteiger partial charge < -0.3 is 38.6 Å². The Bertz CT molecular complexity index is 994. The minimum Gasteiger partial charge on any atom is -0.491 e. The lowest BCUT2D eigenvalue weighted by atomic mass is 9.52. The van der Waals surface area contributed by atoms with Crippen LogP contribution in [0.15, 0.2) is 23.0 Å². The second-order valence-corrected chi connectivity index (χ2v) is 12.6. The van der Waals surface area contributed by atoms with E-state index in [1.165, 1.54) is 24.0 Å². The van der Waals surface area contributed by atoms with E-state index < -0.39 is 36.5 Å². The van der Waals surface area contributed by atoms with Gasteiger partial charge in [0.15, 0.2) is 12.1 Å². The predicted molar refractivity (Wildman–Crippen MR) is 128 cm³/mol. The van der Waals surface area contributed by atoms with Crippen LogP contribution in [0.25, 0.3) is 0 Å². The summed E-state index contributed by atoms with van der Waals surface area (Å²) in [4.78, 5) is 0. The van der Waals surface area contributed by atoms with Gasteiger partial charge >= 0.3 is 0 Å². The smallest absolute Gasteiger partial charge is 0.186 e. The van der Waals surface area contributed by atoms with Gasteiger partial charge in [-0.05, 0) is 69.3 Å². The molecule has 4 aliphatic heterocycles. The molecule has 200 valence electrons. The van der Waals surface area contributed by atoms with E-state index in [1.807, 2.05) is 0 Å². The third-order valence-corrected chi connectivity index (χ3v) is 10.9. The number of hydrogen-bond acceptors (Lipinski definition) is 8. The van der Waals surface area contributed by atoms with Crippen molar-refractivity contribution in [1.82, 2.24) is 0 Å². The van der Waals surface area contributed by atoms with E-state index in [9.17, 15) is 10.2 Å². The molecule has 4 saturated heterocycles. The summed E-state index contributed by atoms with van der Waals surface area (Å²) in [6.45, 7) is 7.64. The van der Waals surface area contributed by atoms with Crippen molar-refractivity contribution >= 4 is 0 Å². The highest BCUT2D eigenvalue weighted by Crippen LogP contribution is 2.68. The number of ether oxygens (including phenoxy) is 6. The van der Waals surface area contributed by atoms with E-state index in [4.69, 9.17) is 28.4 Å². The average Bonchev–Trinajstić information content (AvgIpc) is 3.48. The summed E-state index contributed by atoms with van der Waals surface area (Å²) < 4.78 is 36.5. The number of fused-ring (bicyclic) bond motifs is 3. The summed E-state index contributed by atoms with van der Waals surface area (Å²) in [6.07, 6.45) is 4.54. The summed E-state index contributed by atoms with van der Waals surface area (Å²) in [7, 11) is 1.50. The van der Waals surface area contributed by atoms with Gasteiger partial charge in [-0.25, -0.2) is 0 Å². The molecule has 1 saturated carbocycles. The van der Waals surface area contributed by atoms with Crippen molar-refractivity contribution in [3.05, 3.63) is 23.0 Å². The number of hydrogen-bond donors (Lipinski definition) is 2. The molecule has 0 unspecified atom stereocenters. The van der Waals surface area contributed by atoms with E-state index in [0.717, 1.165) is 38.5 Å². The highest BCUT2D eigenvalue weighted by molar-refractivity contribution is 5.40. The van der Waals surface area contributed by atoms with Crippen molar-refractivity contribution in [2.75, 3.05) is 20.3 Å². The Morgan fingerprint density at radius 1 is 1.08 bits per heavy atom. The number of methoxy groups -OCH3 is 1. The molecule has 8 heteroatoms. The number of aliphatic hydroxyl groups excluding tert-OH is 2. The standard InChI is InChI=1S/C28H40O8/c1-14-20(29)22(31-4)21(30)25(34-14)35-16-7-9-26(2)15(11-16)5-6-17-18(26)8-10-28-13-33-27(3)23(28)19(12-32-27)36-24(17)28/h5,14,16,18-23,25,29-30H,6-13H2,1-4H3/t14-,16+,18+,19-,20-,21-,22+,23-,25+,26+,27-,28+/m1/s1. The molecule has 4 heterocycles. The first-order valence-electron chi connectivity index (χ1n) is 13.8. The molecule has 1 spiro atoms. The van der Waals surface area contributed by atoms with Crippen LogP contribution in [0.1, 0.15) is 59.3 Å². The molecule has 0 aromatic carbocycles. The molecule has 7 aliphatic rings. The van der Waals surface area contributed by atoms with E-state index >= 15 is 0 Å². The Kier molecular flexibility index (Phi) is 5.35. The molecule has 0 amide bonds. The fourth-order valence-electron chi connectivity index (χ4n) is 8.95. The van der Waals surface area contributed by atoms with Gasteiger partial charge in [-0.2, -0.15) is 0 Å². The van der Waals surface area contributed by atoms with Crippen LogP contribution in [0.5, 0.6) is 0 Å². The highest BCUT2D eigenvalue weighted by atomic mass is 16.7. The van der Waals surface area contributed by atoms with Crippen LogP contribution in [0.2, 0.25) is 0 Å². The molecule has 0 radical (unpaired) electrons. The van der Waals surface area contributed by atoms with Crippen molar-refractivity contribution in [2.24, 2.45) is 22.7 Å². The average molecular weight is 505 g/mol. The van der Waals surface area contributed by atoms with Crippen LogP contribution >= 0.6 is 0 Å². The van der Waals surface area contributed by atoms with Crippen molar-refractivity contribution in [2.45, 2.75) is 108 Å². The van der Waals surface area contributed by atoms with Crippen LogP contribution in [0, 0.1) is 22.7 Å². The third kappa shape index (κ3) is 3.07. The molecule has 3 aliphatic carbocycles. The molecular formula is C28H40O8. The maximum absolute atomic E-state index is 10.7. The van der Waals surface area contributed by atoms with Crippen LogP contribution in [-0.4, -0.2) is 79.2 Å². The van der Waals surface area contributed by atoms with E-state index in [2.05, 4.69) is 19.9 Å². The van der Waals surface area contributed by atoms with Crippen LogP contribution < -0.4 is 0 Å². The molecule has 0 bridgehead atoms. The molecular weight excluding hydrogens is 464 g/mol. The molecule has 7 rings (SSSR count). The largest absolute Gasteiger partial charge is 0.491 e. The Morgan fingerprint density at radius 3 is 2.72 bits per heavy atom. The Hall–Kier alpha value is -1.00. The lowest BCUT2D eigenvalue weighted by Gasteiger charge is -2.52. The molecule has 8 nitrogen and oxygen atoms in total. The number of allylic oxidation sites excluding steroid dienone is 2. The van der Waals surface area contributed by atoms with Crippen molar-refractivity contribution in [3.8, 4) is 0 Å². The Labute approximate surface area is 212 Å². The maximum atomic E-state index is 10.7. The fraction of sp³-hybridized carbons (Fsp3) is 0.857. The molecule has 0 aromatic rings. The lowest BCUT2D eigenvalue weighted by molar-refractivity contribution is -0.309. The zero-order valence-electron chi connectivity index (χ0n) is 21.8. The first-order valence-corrected chi connectivity index (χ1v) is 13.8. The summed E-state index contributed by atoms with van der Waals surface area (Å²) >= 11 is 0. The Morgan fingerprint density at radius 2 is 1.92 bits per heavy atom. The Balaban J connectivity index is 1.12. The van der Waals surface area contributed by atoms with E-state index in [0.29, 0.717) is 25.0 Å². The molecule has 0 aromatic heterocycles. The normalized spacial score (nSPS) is 55.4. The second kappa shape index (κ2) is 8.01. The van der Waals surface area contributed by atoms with Gasteiger partial charge in [-0.1, -0.05) is 18.6 Å². The van der Waals surface area contributed by atoms with Crippen molar-refractivity contribution < 1.29 is 38.6 Å². The zero-order chi connectivity index (χ0) is 25.0. The monoisotopic (exact) mass is 504 g/mol. The minimum absolute atomic E-state index is 0.0165. The van der Waals surface area contributed by atoms with Crippen LogP contribution in [0.4, 0.5) is 0 Å². The minimum atomic E-state index is -1.03. The van der Waals surface area contributed by atoms with Gasteiger partial charge in [0.1, 0.15) is 30.2 Å². The topological polar surface area (TPSA) is 95.8 Å². The first kappa shape index (κ1) is 24.1. The maximum Gasteiger partial charge on any atom is 0.186 e. The van der Waals surface area contributed by atoms with Gasteiger partial charge in [0.05, 0.1) is 36.8 Å². The molecule has 12 atom stereocenters. The summed E-state index contributed by atoms with van der Waals surface area (Å²) in [5.41, 5.74) is 3.02. The fourth-order valence-corrected chi connectivity index (χ4v) is 8.95. The molecule has 5 fully saturated rings. The van der Waals surface area contributed by atoms with Gasteiger partial charge in [-0.15, -0.1) is 0 Å². The van der Waals surface area contributed by atoms with Crippen molar-refractivity contribution in [1.29, 1.82) is 0 Å². The number of aliphatic hydroxyl groups is 2. The van der Waals surface area contributed by atoms with Gasteiger partial charge in [0.25, 0.3) is 0 Å². The van der Waals surface area contributed by atoms with Gasteiger partial charge in [0.2, 0.25) is 0 Å². The summed E-state index contributed by atoms with van der Waals surface area (Å²) in [5, 5.41) is 21.0. The third-order valence-electron chi connectivity index (χ3n) is 10.9. The molecule has 36 heavy (non-hydrogen) atoms. The SMILES string of the molecule is CO[C@@H]1[C@@H](O)[C@H](O[C@H]2CC[C@@]3(C)C(=CCC4=C5O[C@@H]6CO[C@]7(C)OC[C@@]5(CC[C@@H]43)[C@H]67)C2)O[C@H](C)[C@H]1O. The lowest BCUT2D eigenvalue weighted by Crippen LogP contribution is -2.58. The molecule has 2 N–H and O–H groups in total. The second-order valence-electron chi connectivity index (χ2n) is 12.6. The van der Waals surface area contributed by atoms with E-state index in [1.54, 1.807) is 6.92 Å². The van der Waals surface area contributed by atoms with Crippen molar-refractivity contribution in [3.63, 3.8) is 0 Å². The quantitative estimate of drug-likeness (QED) is 0.567.